The normalized spacial score (nSPS) is 21.7. The highest BCUT2D eigenvalue weighted by atomic mass is 19.1. The Morgan fingerprint density at radius 2 is 2.35 bits per heavy atom. The lowest BCUT2D eigenvalue weighted by molar-refractivity contribution is -0.387. The first-order valence-corrected chi connectivity index (χ1v) is 6.27. The monoisotopic (exact) mass is 282 g/mol. The minimum absolute atomic E-state index is 0.0506. The zero-order valence-corrected chi connectivity index (χ0v) is 11.0. The largest absolute Gasteiger partial charge is 0.373 e. The molecule has 6 nitrogen and oxygen atoms in total. The Morgan fingerprint density at radius 1 is 1.60 bits per heavy atom. The molecule has 1 amide bonds. The van der Waals surface area contributed by atoms with Crippen LogP contribution in [0, 0.1) is 15.9 Å². The second kappa shape index (κ2) is 5.54. The molecular formula is C13H15FN2O4. The molecule has 0 aliphatic carbocycles. The number of ether oxygens (including phenoxy) is 1. The number of nitrogens with zero attached hydrogens (tertiary/aromatic N) is 1. The van der Waals surface area contributed by atoms with Crippen LogP contribution < -0.4 is 5.32 Å². The van der Waals surface area contributed by atoms with E-state index in [1.54, 1.807) is 0 Å². The first-order chi connectivity index (χ1) is 9.41. The van der Waals surface area contributed by atoms with Crippen molar-refractivity contribution in [3.63, 3.8) is 0 Å². The fourth-order valence-electron chi connectivity index (χ4n) is 2.14. The standard InChI is InChI=1S/C13H15FN2O4/c1-13(5-2-6-20-13)8-15-12(17)9-3-4-11(16(18)19)10(14)7-9/h3-4,7H,2,5-6,8H2,1H3,(H,15,17). The second-order valence-electron chi connectivity index (χ2n) is 5.01. The van der Waals surface area contributed by atoms with Crippen molar-refractivity contribution in [2.24, 2.45) is 0 Å². The molecule has 108 valence electrons. The van der Waals surface area contributed by atoms with Crippen molar-refractivity contribution in [3.8, 4) is 0 Å². The van der Waals surface area contributed by atoms with Crippen LogP contribution in [0.2, 0.25) is 0 Å². The smallest absolute Gasteiger partial charge is 0.304 e. The third kappa shape index (κ3) is 3.11. The maximum atomic E-state index is 13.4. The summed E-state index contributed by atoms with van der Waals surface area (Å²) in [6, 6.07) is 3.08. The van der Waals surface area contributed by atoms with Crippen LogP contribution in [-0.2, 0) is 4.74 Å². The van der Waals surface area contributed by atoms with Gasteiger partial charge in [-0.3, -0.25) is 14.9 Å². The van der Waals surface area contributed by atoms with E-state index in [0.717, 1.165) is 25.0 Å². The first-order valence-electron chi connectivity index (χ1n) is 6.27. The van der Waals surface area contributed by atoms with Gasteiger partial charge in [-0.15, -0.1) is 0 Å². The summed E-state index contributed by atoms with van der Waals surface area (Å²) >= 11 is 0. The lowest BCUT2D eigenvalue weighted by Crippen LogP contribution is -2.40. The Hall–Kier alpha value is -2.02. The zero-order valence-electron chi connectivity index (χ0n) is 11.0. The molecule has 1 saturated heterocycles. The average molecular weight is 282 g/mol. The Morgan fingerprint density at radius 3 is 2.90 bits per heavy atom. The topological polar surface area (TPSA) is 81.5 Å². The van der Waals surface area contributed by atoms with Crippen molar-refractivity contribution in [1.82, 2.24) is 5.32 Å². The minimum Gasteiger partial charge on any atom is -0.373 e. The van der Waals surface area contributed by atoms with E-state index in [1.165, 1.54) is 6.07 Å². The number of hydrogen-bond donors (Lipinski definition) is 1. The van der Waals surface area contributed by atoms with Crippen LogP contribution in [0.3, 0.4) is 0 Å². The molecule has 0 bridgehead atoms. The predicted molar refractivity (Wildman–Crippen MR) is 69.0 cm³/mol. The van der Waals surface area contributed by atoms with E-state index >= 15 is 0 Å². The van der Waals surface area contributed by atoms with Crippen LogP contribution in [0.4, 0.5) is 10.1 Å². The highest BCUT2D eigenvalue weighted by Crippen LogP contribution is 2.24. The summed E-state index contributed by atoms with van der Waals surface area (Å²) < 4.78 is 19.0. The van der Waals surface area contributed by atoms with E-state index in [-0.39, 0.29) is 5.56 Å². The number of carbonyl (C=O) groups excluding carboxylic acids is 1. The van der Waals surface area contributed by atoms with Gasteiger partial charge in [0.1, 0.15) is 0 Å². The van der Waals surface area contributed by atoms with Gasteiger partial charge >= 0.3 is 5.69 Å². The third-order valence-electron chi connectivity index (χ3n) is 3.33. The summed E-state index contributed by atoms with van der Waals surface area (Å²) in [4.78, 5) is 21.5. The van der Waals surface area contributed by atoms with E-state index in [1.807, 2.05) is 6.92 Å². The molecule has 20 heavy (non-hydrogen) atoms. The summed E-state index contributed by atoms with van der Waals surface area (Å²) in [5.41, 5.74) is -0.989. The van der Waals surface area contributed by atoms with Crippen molar-refractivity contribution >= 4 is 11.6 Å². The fourth-order valence-corrected chi connectivity index (χ4v) is 2.14. The van der Waals surface area contributed by atoms with Crippen LogP contribution >= 0.6 is 0 Å². The first kappa shape index (κ1) is 14.4. The maximum absolute atomic E-state index is 13.4. The fraction of sp³-hybridized carbons (Fsp3) is 0.462. The molecule has 1 heterocycles. The number of halogens is 1. The molecule has 1 aromatic carbocycles. The molecule has 0 aromatic heterocycles. The maximum Gasteiger partial charge on any atom is 0.304 e. The lowest BCUT2D eigenvalue weighted by Gasteiger charge is -2.23. The zero-order chi connectivity index (χ0) is 14.8. The van der Waals surface area contributed by atoms with Crippen molar-refractivity contribution in [1.29, 1.82) is 0 Å². The van der Waals surface area contributed by atoms with Crippen LogP contribution in [0.1, 0.15) is 30.1 Å². The summed E-state index contributed by atoms with van der Waals surface area (Å²) in [5, 5.41) is 13.2. The van der Waals surface area contributed by atoms with E-state index < -0.39 is 27.9 Å². The number of nitrogens with one attached hydrogen (secondary N) is 1. The van der Waals surface area contributed by atoms with E-state index in [9.17, 15) is 19.3 Å². The van der Waals surface area contributed by atoms with Crippen LogP contribution in [0.15, 0.2) is 18.2 Å². The molecular weight excluding hydrogens is 267 g/mol. The minimum atomic E-state index is -1.02. The SMILES string of the molecule is CC1(CNC(=O)c2ccc([N+](=O)[O-])c(F)c2)CCCO1. The average Bonchev–Trinajstić information content (AvgIpc) is 2.83. The molecule has 1 N–H and O–H groups in total. The molecule has 1 aliphatic heterocycles. The van der Waals surface area contributed by atoms with Gasteiger partial charge in [-0.25, -0.2) is 0 Å². The summed E-state index contributed by atoms with van der Waals surface area (Å²) in [6.07, 6.45) is 1.79. The predicted octanol–water partition coefficient (Wildman–Crippen LogP) is 2.03. The highest BCUT2D eigenvalue weighted by molar-refractivity contribution is 5.94. The Balaban J connectivity index is 2.02. The summed E-state index contributed by atoms with van der Waals surface area (Å²) in [6.45, 7) is 2.89. The van der Waals surface area contributed by atoms with Gasteiger partial charge in [0.25, 0.3) is 5.91 Å². The van der Waals surface area contributed by atoms with Crippen LogP contribution in [-0.4, -0.2) is 29.6 Å². The molecule has 0 radical (unpaired) electrons. The number of carbonyl (C=O) groups is 1. The molecule has 1 atom stereocenters. The van der Waals surface area contributed by atoms with Gasteiger partial charge in [0.15, 0.2) is 0 Å². The number of rotatable bonds is 4. The Labute approximate surface area is 115 Å². The van der Waals surface area contributed by atoms with Crippen molar-refractivity contribution in [2.75, 3.05) is 13.2 Å². The number of nitro groups is 1. The molecule has 1 unspecified atom stereocenters. The van der Waals surface area contributed by atoms with Gasteiger partial charge in [-0.05, 0) is 31.9 Å². The molecule has 1 aliphatic rings. The van der Waals surface area contributed by atoms with Gasteiger partial charge in [0.05, 0.1) is 10.5 Å². The molecule has 0 spiro atoms. The van der Waals surface area contributed by atoms with Crippen LogP contribution in [0.25, 0.3) is 0 Å². The van der Waals surface area contributed by atoms with Gasteiger partial charge in [-0.1, -0.05) is 0 Å². The van der Waals surface area contributed by atoms with E-state index in [4.69, 9.17) is 4.74 Å². The Kier molecular flexibility index (Phi) is 3.99. The van der Waals surface area contributed by atoms with Gasteiger partial charge in [0.2, 0.25) is 5.82 Å². The quantitative estimate of drug-likeness (QED) is 0.676. The molecule has 1 aromatic rings. The van der Waals surface area contributed by atoms with Crippen molar-refractivity contribution in [2.45, 2.75) is 25.4 Å². The number of amides is 1. The molecule has 7 heteroatoms. The van der Waals surface area contributed by atoms with Gasteiger partial charge in [0, 0.05) is 24.8 Å². The van der Waals surface area contributed by atoms with Gasteiger partial charge in [-0.2, -0.15) is 4.39 Å². The Bertz CT molecular complexity index is 541. The number of nitro benzene ring substituents is 1. The van der Waals surface area contributed by atoms with Crippen LogP contribution in [0.5, 0.6) is 0 Å². The molecule has 0 saturated carbocycles. The van der Waals surface area contributed by atoms with Crippen molar-refractivity contribution < 1.29 is 18.8 Å². The summed E-state index contributed by atoms with van der Waals surface area (Å²) in [5.74, 6) is -1.50. The third-order valence-corrected chi connectivity index (χ3v) is 3.33. The number of benzene rings is 1. The van der Waals surface area contributed by atoms with E-state index in [2.05, 4.69) is 5.32 Å². The van der Waals surface area contributed by atoms with E-state index in [0.29, 0.717) is 13.2 Å². The summed E-state index contributed by atoms with van der Waals surface area (Å²) in [7, 11) is 0. The van der Waals surface area contributed by atoms with Crippen molar-refractivity contribution in [3.05, 3.63) is 39.7 Å². The molecule has 1 fully saturated rings. The highest BCUT2D eigenvalue weighted by Gasteiger charge is 2.30. The number of hydrogen-bond acceptors (Lipinski definition) is 4. The molecule has 2 rings (SSSR count). The second-order valence-corrected chi connectivity index (χ2v) is 5.01. The lowest BCUT2D eigenvalue weighted by atomic mass is 10.0. The van der Waals surface area contributed by atoms with Gasteiger partial charge < -0.3 is 10.1 Å².